The van der Waals surface area contributed by atoms with Crippen LogP contribution in [0.1, 0.15) is 32.6 Å². The van der Waals surface area contributed by atoms with Gasteiger partial charge in [-0.15, -0.1) is 0 Å². The summed E-state index contributed by atoms with van der Waals surface area (Å²) in [5, 5.41) is 3.74. The van der Waals surface area contributed by atoms with Gasteiger partial charge in [-0.1, -0.05) is 6.92 Å². The second-order valence-corrected chi connectivity index (χ2v) is 4.29. The molecule has 1 saturated heterocycles. The maximum atomic E-state index is 3.74. The zero-order valence-electron chi connectivity index (χ0n) is 8.21. The van der Waals surface area contributed by atoms with E-state index < -0.39 is 0 Å². The Bertz CT molecular complexity index is 154. The van der Waals surface area contributed by atoms with E-state index in [-0.39, 0.29) is 0 Å². The molecule has 2 rings (SSSR count). The topological polar surface area (TPSA) is 15.3 Å². The molecule has 1 heterocycles. The molecule has 2 aliphatic rings. The molecule has 2 atom stereocenters. The van der Waals surface area contributed by atoms with E-state index in [1.54, 1.807) is 0 Å². The van der Waals surface area contributed by atoms with Gasteiger partial charge in [0.2, 0.25) is 0 Å². The Morgan fingerprint density at radius 1 is 1.33 bits per heavy atom. The third kappa shape index (κ3) is 1.64. The van der Waals surface area contributed by atoms with Crippen molar-refractivity contribution in [3.63, 3.8) is 0 Å². The van der Waals surface area contributed by atoms with Crippen molar-refractivity contribution in [1.29, 1.82) is 0 Å². The average molecular weight is 168 g/mol. The second kappa shape index (κ2) is 3.35. The fraction of sp³-hybridized carbons (Fsp3) is 1.00. The van der Waals surface area contributed by atoms with Crippen molar-refractivity contribution < 1.29 is 0 Å². The zero-order valence-corrected chi connectivity index (χ0v) is 8.21. The lowest BCUT2D eigenvalue weighted by atomic mass is 10.1. The van der Waals surface area contributed by atoms with Gasteiger partial charge in [-0.25, -0.2) is 0 Å². The van der Waals surface area contributed by atoms with E-state index in [0.29, 0.717) is 0 Å². The summed E-state index contributed by atoms with van der Waals surface area (Å²) in [7, 11) is 2.25. The molecule has 2 unspecified atom stereocenters. The molecular weight excluding hydrogens is 148 g/mol. The van der Waals surface area contributed by atoms with Crippen molar-refractivity contribution in [2.75, 3.05) is 13.6 Å². The van der Waals surface area contributed by atoms with Gasteiger partial charge in [0, 0.05) is 18.1 Å². The van der Waals surface area contributed by atoms with Gasteiger partial charge in [-0.2, -0.15) is 0 Å². The molecule has 0 bridgehead atoms. The highest BCUT2D eigenvalue weighted by molar-refractivity contribution is 4.94. The van der Waals surface area contributed by atoms with Gasteiger partial charge in [-0.05, 0) is 39.3 Å². The third-order valence-corrected chi connectivity index (χ3v) is 3.27. The lowest BCUT2D eigenvalue weighted by Crippen LogP contribution is -2.41. The van der Waals surface area contributed by atoms with E-state index >= 15 is 0 Å². The Morgan fingerprint density at radius 3 is 2.67 bits per heavy atom. The van der Waals surface area contributed by atoms with Gasteiger partial charge in [0.05, 0.1) is 0 Å². The summed E-state index contributed by atoms with van der Waals surface area (Å²) < 4.78 is 0. The minimum atomic E-state index is 0.785. The van der Waals surface area contributed by atoms with Gasteiger partial charge in [0.15, 0.2) is 0 Å². The van der Waals surface area contributed by atoms with Gasteiger partial charge in [-0.3, -0.25) is 0 Å². The van der Waals surface area contributed by atoms with Crippen molar-refractivity contribution in [3.05, 3.63) is 0 Å². The van der Waals surface area contributed by atoms with Crippen molar-refractivity contribution in [2.45, 2.75) is 50.7 Å². The van der Waals surface area contributed by atoms with Crippen LogP contribution in [-0.4, -0.2) is 36.6 Å². The first kappa shape index (κ1) is 8.52. The van der Waals surface area contributed by atoms with Gasteiger partial charge in [0.25, 0.3) is 0 Å². The van der Waals surface area contributed by atoms with Crippen LogP contribution in [0.2, 0.25) is 0 Å². The second-order valence-electron chi connectivity index (χ2n) is 4.29. The first-order valence-corrected chi connectivity index (χ1v) is 5.27. The molecule has 1 aliphatic heterocycles. The van der Waals surface area contributed by atoms with Crippen molar-refractivity contribution in [3.8, 4) is 0 Å². The Labute approximate surface area is 75.3 Å². The largest absolute Gasteiger partial charge is 0.310 e. The minimum absolute atomic E-state index is 0.785. The SMILES string of the molecule is CCC1C(NC2CC2)CCN1C. The molecule has 70 valence electrons. The first-order valence-electron chi connectivity index (χ1n) is 5.27. The van der Waals surface area contributed by atoms with E-state index in [4.69, 9.17) is 0 Å². The van der Waals surface area contributed by atoms with Gasteiger partial charge < -0.3 is 10.2 Å². The van der Waals surface area contributed by atoms with Crippen LogP contribution in [0.15, 0.2) is 0 Å². The van der Waals surface area contributed by atoms with Crippen molar-refractivity contribution >= 4 is 0 Å². The Kier molecular flexibility index (Phi) is 2.37. The average Bonchev–Trinajstić information content (AvgIpc) is 2.78. The summed E-state index contributed by atoms with van der Waals surface area (Å²) in [5.41, 5.74) is 0. The molecule has 0 aromatic heterocycles. The van der Waals surface area contributed by atoms with Crippen LogP contribution in [-0.2, 0) is 0 Å². The molecule has 0 amide bonds. The number of likely N-dealkylation sites (N-methyl/N-ethyl adjacent to an activating group) is 1. The fourth-order valence-corrected chi connectivity index (χ4v) is 2.35. The highest BCUT2D eigenvalue weighted by atomic mass is 15.2. The summed E-state index contributed by atoms with van der Waals surface area (Å²) in [6, 6.07) is 2.45. The van der Waals surface area contributed by atoms with Crippen LogP contribution < -0.4 is 5.32 Å². The first-order chi connectivity index (χ1) is 5.81. The number of nitrogens with one attached hydrogen (secondary N) is 1. The number of nitrogens with zero attached hydrogens (tertiary/aromatic N) is 1. The van der Waals surface area contributed by atoms with Crippen LogP contribution >= 0.6 is 0 Å². The highest BCUT2D eigenvalue weighted by Crippen LogP contribution is 2.25. The van der Waals surface area contributed by atoms with Gasteiger partial charge >= 0.3 is 0 Å². The predicted octanol–water partition coefficient (Wildman–Crippen LogP) is 1.22. The molecule has 1 N–H and O–H groups in total. The lowest BCUT2D eigenvalue weighted by Gasteiger charge is -2.24. The summed E-state index contributed by atoms with van der Waals surface area (Å²) in [6.45, 7) is 3.58. The van der Waals surface area contributed by atoms with Gasteiger partial charge in [0.1, 0.15) is 0 Å². The molecule has 0 radical (unpaired) electrons. The number of hydrogen-bond donors (Lipinski definition) is 1. The lowest BCUT2D eigenvalue weighted by molar-refractivity contribution is 0.273. The molecule has 12 heavy (non-hydrogen) atoms. The maximum Gasteiger partial charge on any atom is 0.0244 e. The smallest absolute Gasteiger partial charge is 0.0244 e. The highest BCUT2D eigenvalue weighted by Gasteiger charge is 2.34. The molecule has 1 aliphatic carbocycles. The monoisotopic (exact) mass is 168 g/mol. The molecule has 1 saturated carbocycles. The standard InChI is InChI=1S/C10H20N2/c1-3-10-9(6-7-12(10)2)11-8-4-5-8/h8-11H,3-7H2,1-2H3. The Morgan fingerprint density at radius 2 is 2.08 bits per heavy atom. The van der Waals surface area contributed by atoms with Crippen molar-refractivity contribution in [1.82, 2.24) is 10.2 Å². The quantitative estimate of drug-likeness (QED) is 0.681. The molecule has 2 fully saturated rings. The summed E-state index contributed by atoms with van der Waals surface area (Å²) in [4.78, 5) is 2.50. The van der Waals surface area contributed by atoms with Crippen LogP contribution in [0.25, 0.3) is 0 Å². The molecule has 0 spiro atoms. The fourth-order valence-electron chi connectivity index (χ4n) is 2.35. The van der Waals surface area contributed by atoms with E-state index in [2.05, 4.69) is 24.2 Å². The van der Waals surface area contributed by atoms with E-state index in [9.17, 15) is 0 Å². The Balaban J connectivity index is 1.86. The zero-order chi connectivity index (χ0) is 8.55. The summed E-state index contributed by atoms with van der Waals surface area (Å²) in [5.74, 6) is 0. The molecule has 2 heteroatoms. The molecule has 2 nitrogen and oxygen atoms in total. The Hall–Kier alpha value is -0.0800. The number of rotatable bonds is 3. The van der Waals surface area contributed by atoms with E-state index in [0.717, 1.165) is 18.1 Å². The molecular formula is C10H20N2. The summed E-state index contributed by atoms with van der Waals surface area (Å²) in [6.07, 6.45) is 5.47. The number of likely N-dealkylation sites (tertiary alicyclic amines) is 1. The minimum Gasteiger partial charge on any atom is -0.310 e. The predicted molar refractivity (Wildman–Crippen MR) is 51.3 cm³/mol. The molecule has 0 aromatic carbocycles. The molecule has 0 aromatic rings. The van der Waals surface area contributed by atoms with E-state index in [1.165, 1.54) is 32.2 Å². The number of hydrogen-bond acceptors (Lipinski definition) is 2. The third-order valence-electron chi connectivity index (χ3n) is 3.27. The maximum absolute atomic E-state index is 3.74. The van der Waals surface area contributed by atoms with Crippen LogP contribution in [0, 0.1) is 0 Å². The van der Waals surface area contributed by atoms with Crippen LogP contribution in [0.3, 0.4) is 0 Å². The van der Waals surface area contributed by atoms with Crippen molar-refractivity contribution in [2.24, 2.45) is 0 Å². The van der Waals surface area contributed by atoms with E-state index in [1.807, 2.05) is 0 Å². The summed E-state index contributed by atoms with van der Waals surface area (Å²) >= 11 is 0. The van der Waals surface area contributed by atoms with Crippen LogP contribution in [0.5, 0.6) is 0 Å². The normalized spacial score (nSPS) is 37.5. The van der Waals surface area contributed by atoms with Crippen LogP contribution in [0.4, 0.5) is 0 Å².